The van der Waals surface area contributed by atoms with Crippen LogP contribution in [0.25, 0.3) is 0 Å². The van der Waals surface area contributed by atoms with Crippen molar-refractivity contribution >= 4 is 11.6 Å². The van der Waals surface area contributed by atoms with Gasteiger partial charge < -0.3 is 5.32 Å². The van der Waals surface area contributed by atoms with E-state index < -0.39 is 30.1 Å². The highest BCUT2D eigenvalue weighted by molar-refractivity contribution is 5.90. The van der Waals surface area contributed by atoms with Crippen molar-refractivity contribution in [3.8, 4) is 0 Å². The molecule has 2 aromatic rings. The number of amides is 1. The zero-order chi connectivity index (χ0) is 17.5. The maximum Gasteiger partial charge on any atom is 0.435 e. The number of nitrogens with one attached hydrogen (secondary N) is 1. The third-order valence-corrected chi connectivity index (χ3v) is 3.79. The quantitative estimate of drug-likeness (QED) is 0.859. The summed E-state index contributed by atoms with van der Waals surface area (Å²) in [5.41, 5.74) is 0.126. The number of hydrogen-bond acceptors (Lipinski definition) is 2. The van der Waals surface area contributed by atoms with E-state index in [-0.39, 0.29) is 11.6 Å². The van der Waals surface area contributed by atoms with Crippen LogP contribution in [0.4, 0.5) is 23.2 Å². The number of alkyl halides is 3. The molecule has 1 aliphatic rings. The van der Waals surface area contributed by atoms with Crippen LogP contribution in [0.3, 0.4) is 0 Å². The highest BCUT2D eigenvalue weighted by Gasteiger charge is 2.38. The number of hydrogen-bond donors (Lipinski definition) is 1. The van der Waals surface area contributed by atoms with Crippen LogP contribution in [0, 0.1) is 12.7 Å². The molecule has 0 saturated heterocycles. The van der Waals surface area contributed by atoms with E-state index in [1.54, 1.807) is 13.0 Å². The molecular formula is C16H15F4N3O. The van der Waals surface area contributed by atoms with Gasteiger partial charge in [-0.2, -0.15) is 18.3 Å². The summed E-state index contributed by atoms with van der Waals surface area (Å²) in [6.45, 7) is 1.35. The van der Waals surface area contributed by atoms with Crippen LogP contribution in [0.15, 0.2) is 24.3 Å². The van der Waals surface area contributed by atoms with E-state index >= 15 is 0 Å². The summed E-state index contributed by atoms with van der Waals surface area (Å²) in [5, 5.41) is 5.88. The molecule has 1 N–H and O–H groups in total. The maximum absolute atomic E-state index is 13.7. The van der Waals surface area contributed by atoms with Crippen LogP contribution in [-0.4, -0.2) is 15.7 Å². The molecule has 1 amide bonds. The zero-order valence-corrected chi connectivity index (χ0v) is 12.8. The largest absolute Gasteiger partial charge is 0.435 e. The van der Waals surface area contributed by atoms with E-state index in [9.17, 15) is 22.4 Å². The van der Waals surface area contributed by atoms with Crippen LogP contribution >= 0.6 is 0 Å². The molecule has 1 heterocycles. The van der Waals surface area contributed by atoms with E-state index in [1.165, 1.54) is 12.1 Å². The molecular weight excluding hydrogens is 326 g/mol. The Kier molecular flexibility index (Phi) is 4.06. The molecule has 0 bridgehead atoms. The Hall–Kier alpha value is -2.38. The van der Waals surface area contributed by atoms with Crippen molar-refractivity contribution in [3.05, 3.63) is 47.0 Å². The number of aromatic nitrogens is 2. The number of nitrogens with zero attached hydrogens (tertiary/aromatic N) is 2. The molecule has 3 rings (SSSR count). The van der Waals surface area contributed by atoms with Gasteiger partial charge in [-0.1, -0.05) is 6.07 Å². The summed E-state index contributed by atoms with van der Waals surface area (Å²) >= 11 is 0. The smallest absolute Gasteiger partial charge is 0.322 e. The summed E-state index contributed by atoms with van der Waals surface area (Å²) in [5.74, 6) is -1.23. The lowest BCUT2D eigenvalue weighted by Gasteiger charge is -2.09. The van der Waals surface area contributed by atoms with Crippen molar-refractivity contribution in [2.45, 2.75) is 38.4 Å². The normalized spacial score (nSPS) is 14.7. The number of rotatable bonds is 4. The summed E-state index contributed by atoms with van der Waals surface area (Å²) in [7, 11) is 0. The summed E-state index contributed by atoms with van der Waals surface area (Å²) in [4.78, 5) is 12.1. The standard InChI is InChI=1S/C16H15F4N3O/c1-9-2-5-11(17)12(6-9)21-15(24)8-23-13(10-3-4-10)7-14(22-23)16(18,19)20/h2,5-7,10H,3-4,8H2,1H3,(H,21,24). The average molecular weight is 341 g/mol. The van der Waals surface area contributed by atoms with Gasteiger partial charge in [0.15, 0.2) is 5.69 Å². The maximum atomic E-state index is 13.7. The van der Waals surface area contributed by atoms with Gasteiger partial charge in [0.05, 0.1) is 5.69 Å². The molecule has 1 saturated carbocycles. The zero-order valence-electron chi connectivity index (χ0n) is 12.8. The molecule has 1 aromatic heterocycles. The Morgan fingerprint density at radius 2 is 2.04 bits per heavy atom. The van der Waals surface area contributed by atoms with Gasteiger partial charge in [0.1, 0.15) is 12.4 Å². The van der Waals surface area contributed by atoms with Crippen LogP contribution in [0.5, 0.6) is 0 Å². The SMILES string of the molecule is Cc1ccc(F)c(NC(=O)Cn2nc(C(F)(F)F)cc2C2CC2)c1. The molecule has 0 atom stereocenters. The van der Waals surface area contributed by atoms with Gasteiger partial charge in [-0.3, -0.25) is 9.48 Å². The fourth-order valence-electron chi connectivity index (χ4n) is 2.46. The second kappa shape index (κ2) is 5.92. The second-order valence-corrected chi connectivity index (χ2v) is 5.92. The number of halogens is 4. The van der Waals surface area contributed by atoms with E-state index in [4.69, 9.17) is 0 Å². The van der Waals surface area contributed by atoms with Gasteiger partial charge in [-0.05, 0) is 43.5 Å². The lowest BCUT2D eigenvalue weighted by atomic mass is 10.2. The number of anilines is 1. The minimum absolute atomic E-state index is 0.00268. The Morgan fingerprint density at radius 3 is 2.67 bits per heavy atom. The second-order valence-electron chi connectivity index (χ2n) is 5.92. The van der Waals surface area contributed by atoms with Crippen LogP contribution < -0.4 is 5.32 Å². The van der Waals surface area contributed by atoms with Crippen molar-refractivity contribution < 1.29 is 22.4 Å². The summed E-state index contributed by atoms with van der Waals surface area (Å²) < 4.78 is 53.2. The fourth-order valence-corrected chi connectivity index (χ4v) is 2.46. The molecule has 0 radical (unpaired) electrons. The minimum atomic E-state index is -4.56. The molecule has 1 fully saturated rings. The Bertz CT molecular complexity index is 778. The van der Waals surface area contributed by atoms with E-state index in [2.05, 4.69) is 10.4 Å². The average Bonchev–Trinajstić information content (AvgIpc) is 3.23. The molecule has 4 nitrogen and oxygen atoms in total. The van der Waals surface area contributed by atoms with Crippen molar-refractivity contribution in [2.75, 3.05) is 5.32 Å². The number of carbonyl (C=O) groups excluding carboxylic acids is 1. The highest BCUT2D eigenvalue weighted by atomic mass is 19.4. The first-order valence-electron chi connectivity index (χ1n) is 7.45. The van der Waals surface area contributed by atoms with Crippen molar-refractivity contribution in [1.29, 1.82) is 0 Å². The van der Waals surface area contributed by atoms with Gasteiger partial charge in [-0.25, -0.2) is 4.39 Å². The topological polar surface area (TPSA) is 46.9 Å². The monoisotopic (exact) mass is 341 g/mol. The lowest BCUT2D eigenvalue weighted by molar-refractivity contribution is -0.141. The third kappa shape index (κ3) is 3.58. The first kappa shape index (κ1) is 16.5. The van der Waals surface area contributed by atoms with Gasteiger partial charge in [0, 0.05) is 11.6 Å². The lowest BCUT2D eigenvalue weighted by Crippen LogP contribution is -2.21. The molecule has 1 aliphatic carbocycles. The van der Waals surface area contributed by atoms with Gasteiger partial charge in [0.25, 0.3) is 0 Å². The predicted octanol–water partition coefficient (Wildman–Crippen LogP) is 3.87. The summed E-state index contributed by atoms with van der Waals surface area (Å²) in [6, 6.07) is 5.22. The highest BCUT2D eigenvalue weighted by Crippen LogP contribution is 2.42. The van der Waals surface area contributed by atoms with Crippen molar-refractivity contribution in [1.82, 2.24) is 9.78 Å². The number of carbonyl (C=O) groups is 1. The molecule has 128 valence electrons. The molecule has 0 spiro atoms. The Morgan fingerprint density at radius 1 is 1.33 bits per heavy atom. The molecule has 0 unspecified atom stereocenters. The summed E-state index contributed by atoms with van der Waals surface area (Å²) in [6.07, 6.45) is -3.01. The van der Waals surface area contributed by atoms with Gasteiger partial charge in [0.2, 0.25) is 5.91 Å². The van der Waals surface area contributed by atoms with Crippen molar-refractivity contribution in [2.24, 2.45) is 0 Å². The molecule has 0 aliphatic heterocycles. The van der Waals surface area contributed by atoms with Gasteiger partial charge >= 0.3 is 6.18 Å². The number of benzene rings is 1. The number of aryl methyl sites for hydroxylation is 1. The van der Waals surface area contributed by atoms with E-state index in [0.29, 0.717) is 5.69 Å². The first-order valence-corrected chi connectivity index (χ1v) is 7.45. The fraction of sp³-hybridized carbons (Fsp3) is 0.375. The molecule has 1 aromatic carbocycles. The Balaban J connectivity index is 1.79. The molecule has 8 heteroatoms. The van der Waals surface area contributed by atoms with Gasteiger partial charge in [-0.15, -0.1) is 0 Å². The first-order chi connectivity index (χ1) is 11.2. The van der Waals surface area contributed by atoms with Crippen LogP contribution in [0.1, 0.15) is 35.7 Å². The predicted molar refractivity (Wildman–Crippen MR) is 79.0 cm³/mol. The minimum Gasteiger partial charge on any atom is -0.322 e. The van der Waals surface area contributed by atoms with E-state index in [1.807, 2.05) is 0 Å². The van der Waals surface area contributed by atoms with Crippen LogP contribution in [-0.2, 0) is 17.5 Å². The van der Waals surface area contributed by atoms with Crippen LogP contribution in [0.2, 0.25) is 0 Å². The van der Waals surface area contributed by atoms with E-state index in [0.717, 1.165) is 29.2 Å². The van der Waals surface area contributed by atoms with Crippen molar-refractivity contribution in [3.63, 3.8) is 0 Å². The third-order valence-electron chi connectivity index (χ3n) is 3.79. The molecule has 24 heavy (non-hydrogen) atoms. The Labute approximate surface area is 135 Å².